The molecule has 2 heterocycles. The molecule has 1 unspecified atom stereocenters. The zero-order valence-corrected chi connectivity index (χ0v) is 18.9. The van der Waals surface area contributed by atoms with Gasteiger partial charge in [0, 0.05) is 41.6 Å². The fourth-order valence-electron chi connectivity index (χ4n) is 5.55. The summed E-state index contributed by atoms with van der Waals surface area (Å²) in [6.07, 6.45) is 8.22. The van der Waals surface area contributed by atoms with Gasteiger partial charge in [0.15, 0.2) is 0 Å². The van der Waals surface area contributed by atoms with Crippen molar-refractivity contribution in [3.63, 3.8) is 0 Å². The zero-order chi connectivity index (χ0) is 21.6. The predicted molar refractivity (Wildman–Crippen MR) is 121 cm³/mol. The Morgan fingerprint density at radius 3 is 2.68 bits per heavy atom. The number of benzene rings is 1. The van der Waals surface area contributed by atoms with Crippen molar-refractivity contribution >= 4 is 17.5 Å². The molecule has 5 rings (SSSR count). The van der Waals surface area contributed by atoms with Gasteiger partial charge in [-0.3, -0.25) is 4.79 Å². The molecule has 1 amide bonds. The van der Waals surface area contributed by atoms with Crippen molar-refractivity contribution in [3.8, 4) is 5.75 Å². The first-order valence-corrected chi connectivity index (χ1v) is 11.8. The monoisotopic (exact) mass is 442 g/mol. The number of nitrogens with zero attached hydrogens (tertiary/aromatic N) is 2. The maximum atomic E-state index is 13.2. The molecule has 4 aliphatic rings. The summed E-state index contributed by atoms with van der Waals surface area (Å²) in [4.78, 5) is 17.4. The molecule has 1 saturated carbocycles. The summed E-state index contributed by atoms with van der Waals surface area (Å²) in [5.74, 6) is 0.828. The molecule has 166 valence electrons. The summed E-state index contributed by atoms with van der Waals surface area (Å²) in [5, 5.41) is 12.3. The average Bonchev–Trinajstić information content (AvgIpc) is 3.16. The molecule has 2 fully saturated rings. The minimum absolute atomic E-state index is 0.118. The second kappa shape index (κ2) is 7.86. The number of hydrogen-bond acceptors (Lipinski definition) is 4. The number of hydrogen-bond donors (Lipinski definition) is 1. The second-order valence-corrected chi connectivity index (χ2v) is 10.2. The van der Waals surface area contributed by atoms with Crippen LogP contribution in [0, 0.1) is 11.3 Å². The Labute approximate surface area is 189 Å². The van der Waals surface area contributed by atoms with Crippen LogP contribution >= 0.6 is 11.6 Å². The lowest BCUT2D eigenvalue weighted by atomic mass is 9.55. The number of rotatable bonds is 3. The van der Waals surface area contributed by atoms with Crippen LogP contribution in [0.25, 0.3) is 0 Å². The van der Waals surface area contributed by atoms with Gasteiger partial charge in [0.2, 0.25) is 5.91 Å². The Hall–Kier alpha value is -1.98. The van der Waals surface area contributed by atoms with Crippen LogP contribution in [0.15, 0.2) is 47.1 Å². The van der Waals surface area contributed by atoms with E-state index in [1.165, 1.54) is 12.8 Å². The van der Waals surface area contributed by atoms with Crippen molar-refractivity contribution < 1.29 is 14.6 Å². The van der Waals surface area contributed by atoms with Gasteiger partial charge in [-0.05, 0) is 44.2 Å². The number of para-hydroxylation sites is 1. The van der Waals surface area contributed by atoms with Crippen molar-refractivity contribution in [2.45, 2.75) is 51.2 Å². The molecule has 0 spiro atoms. The topological polar surface area (TPSA) is 53.0 Å². The van der Waals surface area contributed by atoms with Crippen molar-refractivity contribution in [2.24, 2.45) is 11.3 Å². The van der Waals surface area contributed by atoms with Gasteiger partial charge in [0.05, 0.1) is 17.8 Å². The molecule has 0 radical (unpaired) electrons. The summed E-state index contributed by atoms with van der Waals surface area (Å²) in [7, 11) is 0. The maximum absolute atomic E-state index is 13.2. The van der Waals surface area contributed by atoms with Gasteiger partial charge in [-0.1, -0.05) is 42.8 Å². The third-order valence-corrected chi connectivity index (χ3v) is 8.03. The number of allylic oxidation sites excluding steroid dienone is 2. The minimum Gasteiger partial charge on any atom is -0.491 e. The second-order valence-electron chi connectivity index (χ2n) is 9.76. The molecule has 2 aliphatic carbocycles. The van der Waals surface area contributed by atoms with E-state index in [1.54, 1.807) is 0 Å². The molecule has 5 nitrogen and oxygen atoms in total. The molecular formula is C25H31ClN2O3. The lowest BCUT2D eigenvalue weighted by Crippen LogP contribution is -2.59. The molecular weight excluding hydrogens is 412 g/mol. The molecule has 2 aliphatic heterocycles. The van der Waals surface area contributed by atoms with Crippen molar-refractivity contribution in [1.82, 2.24) is 9.80 Å². The number of carbonyl (C=O) groups excluding carboxylic acids is 1. The van der Waals surface area contributed by atoms with Crippen molar-refractivity contribution in [3.05, 3.63) is 52.7 Å². The predicted octanol–water partition coefficient (Wildman–Crippen LogP) is 4.06. The van der Waals surface area contributed by atoms with E-state index in [2.05, 4.69) is 24.0 Å². The Morgan fingerprint density at radius 1 is 1.19 bits per heavy atom. The minimum atomic E-state index is -0.902. The highest BCUT2D eigenvalue weighted by atomic mass is 35.5. The zero-order valence-electron chi connectivity index (χ0n) is 18.1. The van der Waals surface area contributed by atoms with E-state index in [4.69, 9.17) is 16.3 Å². The number of halogens is 1. The Bertz CT molecular complexity index is 930. The van der Waals surface area contributed by atoms with Gasteiger partial charge in [0.1, 0.15) is 12.4 Å². The van der Waals surface area contributed by atoms with E-state index in [-0.39, 0.29) is 11.8 Å². The summed E-state index contributed by atoms with van der Waals surface area (Å²) in [6, 6.07) is 7.89. The van der Waals surface area contributed by atoms with Crippen LogP contribution in [0.3, 0.4) is 0 Å². The van der Waals surface area contributed by atoms with E-state index >= 15 is 0 Å². The van der Waals surface area contributed by atoms with Crippen LogP contribution in [-0.2, 0) is 11.3 Å². The third kappa shape index (κ3) is 3.66. The summed E-state index contributed by atoms with van der Waals surface area (Å²) < 4.78 is 5.80. The first-order valence-electron chi connectivity index (χ1n) is 11.4. The van der Waals surface area contributed by atoms with Crippen LogP contribution in [0.2, 0.25) is 0 Å². The van der Waals surface area contributed by atoms with Crippen LogP contribution in [0.1, 0.15) is 44.6 Å². The number of aliphatic hydroxyl groups is 1. The maximum Gasteiger partial charge on any atom is 0.226 e. The number of carbonyl (C=O) groups is 1. The van der Waals surface area contributed by atoms with Crippen LogP contribution in [-0.4, -0.2) is 52.7 Å². The standard InChI is InChI=1S/C25H31ClN2O3/c1-24(9-8-21(20(26)16-24)27-10-4-5-11-27)25(30)14-19(15-25)23(29)28-12-13-31-22-7-3-2-6-18(22)17-28/h2-3,6-9,19,30H,4-5,10-17H2,1H3. The van der Waals surface area contributed by atoms with Crippen molar-refractivity contribution in [2.75, 3.05) is 26.2 Å². The molecule has 1 atom stereocenters. The first kappa shape index (κ1) is 20.9. The summed E-state index contributed by atoms with van der Waals surface area (Å²) in [6.45, 7) is 5.82. The average molecular weight is 443 g/mol. The third-order valence-electron chi connectivity index (χ3n) is 7.70. The van der Waals surface area contributed by atoms with Crippen molar-refractivity contribution in [1.29, 1.82) is 0 Å². The highest BCUT2D eigenvalue weighted by Crippen LogP contribution is 2.55. The molecule has 31 heavy (non-hydrogen) atoms. The van der Waals surface area contributed by atoms with E-state index in [1.807, 2.05) is 29.2 Å². The quantitative estimate of drug-likeness (QED) is 0.766. The number of fused-ring (bicyclic) bond motifs is 1. The van der Waals surface area contributed by atoms with E-state index in [0.717, 1.165) is 35.1 Å². The SMILES string of the molecule is CC1(C2(O)CC(C(=O)N3CCOc4ccccc4C3)C2)C=CC(N2CCCC2)=C(Cl)C1. The van der Waals surface area contributed by atoms with Gasteiger partial charge >= 0.3 is 0 Å². The van der Waals surface area contributed by atoms with Crippen LogP contribution < -0.4 is 4.74 Å². The highest BCUT2D eigenvalue weighted by Gasteiger charge is 2.57. The summed E-state index contributed by atoms with van der Waals surface area (Å²) in [5.41, 5.74) is 0.797. The molecule has 1 saturated heterocycles. The Morgan fingerprint density at radius 2 is 1.94 bits per heavy atom. The lowest BCUT2D eigenvalue weighted by molar-refractivity contribution is -0.170. The largest absolute Gasteiger partial charge is 0.491 e. The molecule has 0 bridgehead atoms. The number of ether oxygens (including phenoxy) is 1. The smallest absolute Gasteiger partial charge is 0.226 e. The molecule has 1 N–H and O–H groups in total. The van der Waals surface area contributed by atoms with Crippen LogP contribution in [0.5, 0.6) is 5.75 Å². The molecule has 6 heteroatoms. The van der Waals surface area contributed by atoms with Gasteiger partial charge < -0.3 is 19.6 Å². The van der Waals surface area contributed by atoms with E-state index in [0.29, 0.717) is 39.0 Å². The van der Waals surface area contributed by atoms with Gasteiger partial charge in [-0.25, -0.2) is 0 Å². The summed E-state index contributed by atoms with van der Waals surface area (Å²) >= 11 is 6.71. The molecule has 1 aromatic rings. The number of amides is 1. The van der Waals surface area contributed by atoms with Crippen LogP contribution in [0.4, 0.5) is 0 Å². The lowest BCUT2D eigenvalue weighted by Gasteiger charge is -2.54. The Balaban J connectivity index is 1.24. The van der Waals surface area contributed by atoms with Gasteiger partial charge in [-0.2, -0.15) is 0 Å². The van der Waals surface area contributed by atoms with E-state index < -0.39 is 11.0 Å². The molecule has 1 aromatic carbocycles. The van der Waals surface area contributed by atoms with Gasteiger partial charge in [0.25, 0.3) is 0 Å². The Kier molecular flexibility index (Phi) is 5.30. The van der Waals surface area contributed by atoms with Gasteiger partial charge in [-0.15, -0.1) is 0 Å². The van der Waals surface area contributed by atoms with E-state index in [9.17, 15) is 9.90 Å². The molecule has 0 aromatic heterocycles. The number of likely N-dealkylation sites (tertiary alicyclic amines) is 1. The fraction of sp³-hybridized carbons (Fsp3) is 0.560. The fourth-order valence-corrected chi connectivity index (χ4v) is 6.01. The normalized spacial score (nSPS) is 32.9. The highest BCUT2D eigenvalue weighted by molar-refractivity contribution is 6.30. The first-order chi connectivity index (χ1) is 14.9.